The smallest absolute Gasteiger partial charge is 0.135 e. The third-order valence-corrected chi connectivity index (χ3v) is 12.7. The largest absolute Gasteiger partial charge is 0.456 e. The molecule has 60 heavy (non-hydrogen) atoms. The zero-order chi connectivity index (χ0) is 39.3. The maximum Gasteiger partial charge on any atom is 0.135 e. The number of benzene rings is 10. The van der Waals surface area contributed by atoms with Gasteiger partial charge in [-0.05, 0) is 139 Å². The molecule has 0 radical (unpaired) electrons. The van der Waals surface area contributed by atoms with Crippen molar-refractivity contribution in [1.82, 2.24) is 4.57 Å². The summed E-state index contributed by atoms with van der Waals surface area (Å²) in [6, 6.07) is 77.6. The lowest BCUT2D eigenvalue weighted by molar-refractivity contribution is 0.669. The van der Waals surface area contributed by atoms with E-state index in [1.807, 2.05) is 12.1 Å². The molecule has 0 N–H and O–H groups in total. The van der Waals surface area contributed by atoms with Gasteiger partial charge in [0.1, 0.15) is 11.2 Å². The predicted molar refractivity (Wildman–Crippen MR) is 252 cm³/mol. The van der Waals surface area contributed by atoms with Crippen LogP contribution in [0.3, 0.4) is 0 Å². The van der Waals surface area contributed by atoms with E-state index < -0.39 is 0 Å². The van der Waals surface area contributed by atoms with Crippen LogP contribution in [-0.2, 0) is 0 Å². The molecule has 0 atom stereocenters. The van der Waals surface area contributed by atoms with Crippen molar-refractivity contribution in [3.63, 3.8) is 0 Å². The highest BCUT2D eigenvalue weighted by Gasteiger charge is 2.25. The molecular formula is C58H35NO. The molecule has 0 saturated heterocycles. The lowest BCUT2D eigenvalue weighted by Gasteiger charge is -2.13. The Kier molecular flexibility index (Phi) is 7.05. The second kappa shape index (κ2) is 12.8. The van der Waals surface area contributed by atoms with Crippen molar-refractivity contribution in [1.29, 1.82) is 0 Å². The Morgan fingerprint density at radius 1 is 0.267 bits per heavy atom. The third-order valence-electron chi connectivity index (χ3n) is 12.7. The number of fused-ring (bicyclic) bond motifs is 9. The normalized spacial score (nSPS) is 12.0. The number of rotatable bonds is 5. The minimum Gasteiger partial charge on any atom is -0.456 e. The van der Waals surface area contributed by atoms with Gasteiger partial charge in [0.2, 0.25) is 0 Å². The van der Waals surface area contributed by atoms with E-state index >= 15 is 0 Å². The lowest BCUT2D eigenvalue weighted by Crippen LogP contribution is -1.95. The molecule has 0 bridgehead atoms. The van der Waals surface area contributed by atoms with Crippen LogP contribution in [0, 0.1) is 0 Å². The molecule has 1 aliphatic rings. The molecule has 1 aliphatic carbocycles. The van der Waals surface area contributed by atoms with Gasteiger partial charge in [-0.2, -0.15) is 0 Å². The Hall–Kier alpha value is -7.94. The Morgan fingerprint density at radius 2 is 0.817 bits per heavy atom. The summed E-state index contributed by atoms with van der Waals surface area (Å²) >= 11 is 0. The van der Waals surface area contributed by atoms with Gasteiger partial charge >= 0.3 is 0 Å². The van der Waals surface area contributed by atoms with E-state index in [9.17, 15) is 0 Å². The third kappa shape index (κ3) is 4.95. The minimum atomic E-state index is 0.914. The highest BCUT2D eigenvalue weighted by atomic mass is 16.3. The first-order chi connectivity index (χ1) is 29.7. The monoisotopic (exact) mass is 761 g/mol. The highest BCUT2D eigenvalue weighted by molar-refractivity contribution is 6.19. The molecule has 2 heteroatoms. The first-order valence-corrected chi connectivity index (χ1v) is 20.7. The molecule has 2 heterocycles. The summed E-state index contributed by atoms with van der Waals surface area (Å²) < 4.78 is 8.63. The molecule has 0 saturated carbocycles. The molecule has 10 aromatic carbocycles. The summed E-state index contributed by atoms with van der Waals surface area (Å²) in [6.45, 7) is 0. The number of nitrogens with zero attached hydrogens (tertiary/aromatic N) is 1. The number of para-hydroxylation sites is 2. The summed E-state index contributed by atoms with van der Waals surface area (Å²) in [6.07, 6.45) is 0. The van der Waals surface area contributed by atoms with Crippen LogP contribution >= 0.6 is 0 Å². The van der Waals surface area contributed by atoms with E-state index in [-0.39, 0.29) is 0 Å². The van der Waals surface area contributed by atoms with E-state index in [1.54, 1.807) is 0 Å². The average molecular weight is 762 g/mol. The van der Waals surface area contributed by atoms with Crippen LogP contribution in [0.5, 0.6) is 0 Å². The van der Waals surface area contributed by atoms with Gasteiger partial charge in [0.05, 0.1) is 16.7 Å². The summed E-state index contributed by atoms with van der Waals surface area (Å²) in [5.41, 5.74) is 20.2. The Bertz CT molecular complexity index is 3640. The van der Waals surface area contributed by atoms with Crippen molar-refractivity contribution in [3.8, 4) is 72.4 Å². The molecule has 2 aromatic heterocycles. The van der Waals surface area contributed by atoms with Gasteiger partial charge in [0, 0.05) is 26.9 Å². The number of hydrogen-bond donors (Lipinski definition) is 0. The van der Waals surface area contributed by atoms with E-state index in [4.69, 9.17) is 4.42 Å². The van der Waals surface area contributed by atoms with Crippen LogP contribution in [0.25, 0.3) is 127 Å². The maximum atomic E-state index is 6.16. The molecule has 0 aliphatic heterocycles. The fraction of sp³-hybridized carbons (Fsp3) is 0. The van der Waals surface area contributed by atoms with E-state index in [0.717, 1.165) is 21.9 Å². The molecule has 0 unspecified atom stereocenters. The molecule has 13 rings (SSSR count). The summed E-state index contributed by atoms with van der Waals surface area (Å²) in [4.78, 5) is 0. The van der Waals surface area contributed by atoms with Crippen molar-refractivity contribution in [2.24, 2.45) is 0 Å². The molecule has 0 spiro atoms. The van der Waals surface area contributed by atoms with Crippen molar-refractivity contribution in [2.75, 3.05) is 0 Å². The van der Waals surface area contributed by atoms with Crippen LogP contribution in [0.4, 0.5) is 0 Å². The van der Waals surface area contributed by atoms with Gasteiger partial charge in [-0.1, -0.05) is 146 Å². The standard InChI is InChI=1S/C58H35NO/c1-3-12-36(13-4-1)41-30-42(37-14-5-2-6-15-37)32-43(31-41)40-22-25-44-48-26-28-54(49-19-11-18-47(58(48)49)50(44)33-40)59-53-20-9-7-16-45(53)51-34-38(23-27-55(51)59)39-24-29-57-52(35-39)46-17-8-10-21-56(46)60-57/h1-35H. The van der Waals surface area contributed by atoms with Crippen LogP contribution < -0.4 is 0 Å². The molecule has 12 aromatic rings. The van der Waals surface area contributed by atoms with Crippen molar-refractivity contribution < 1.29 is 4.42 Å². The van der Waals surface area contributed by atoms with Crippen molar-refractivity contribution >= 4 is 54.5 Å². The number of aromatic nitrogens is 1. The second-order valence-electron chi connectivity index (χ2n) is 16.0. The van der Waals surface area contributed by atoms with Crippen molar-refractivity contribution in [3.05, 3.63) is 212 Å². The predicted octanol–water partition coefficient (Wildman–Crippen LogP) is 16.2. The van der Waals surface area contributed by atoms with Crippen LogP contribution in [0.15, 0.2) is 217 Å². The zero-order valence-corrected chi connectivity index (χ0v) is 32.6. The summed E-state index contributed by atoms with van der Waals surface area (Å²) in [5, 5.41) is 7.34. The van der Waals surface area contributed by atoms with E-state index in [2.05, 4.69) is 205 Å². The zero-order valence-electron chi connectivity index (χ0n) is 32.6. The Labute approximate surface area is 346 Å². The van der Waals surface area contributed by atoms with Crippen molar-refractivity contribution in [2.45, 2.75) is 0 Å². The van der Waals surface area contributed by atoms with Gasteiger partial charge in [-0.25, -0.2) is 0 Å². The number of hydrogen-bond acceptors (Lipinski definition) is 1. The Balaban J connectivity index is 0.952. The van der Waals surface area contributed by atoms with Gasteiger partial charge in [-0.15, -0.1) is 0 Å². The van der Waals surface area contributed by atoms with Gasteiger partial charge in [0.25, 0.3) is 0 Å². The van der Waals surface area contributed by atoms with Crippen LogP contribution in [0.2, 0.25) is 0 Å². The molecular weight excluding hydrogens is 727 g/mol. The highest BCUT2D eigenvalue weighted by Crippen LogP contribution is 2.51. The molecule has 0 fully saturated rings. The molecule has 2 nitrogen and oxygen atoms in total. The number of furan rings is 1. The van der Waals surface area contributed by atoms with E-state index in [0.29, 0.717) is 0 Å². The topological polar surface area (TPSA) is 18.1 Å². The van der Waals surface area contributed by atoms with Gasteiger partial charge < -0.3 is 8.98 Å². The first-order valence-electron chi connectivity index (χ1n) is 20.7. The molecule has 278 valence electrons. The maximum absolute atomic E-state index is 6.16. The Morgan fingerprint density at radius 3 is 1.60 bits per heavy atom. The first kappa shape index (κ1) is 33.1. The quantitative estimate of drug-likeness (QED) is 0.171. The second-order valence-corrected chi connectivity index (χ2v) is 16.0. The van der Waals surface area contributed by atoms with E-state index in [1.165, 1.54) is 105 Å². The fourth-order valence-electron chi connectivity index (χ4n) is 9.92. The SMILES string of the molecule is c1ccc(-c2cc(-c3ccccc3)cc(-c3ccc4c(c3)-c3cccc5c(-n6c7ccccc7c7cc(-c8ccc9oc%10ccccc%10c9c8)ccc76)ccc-4c35)c2)cc1. The van der Waals surface area contributed by atoms with Crippen LogP contribution in [0.1, 0.15) is 0 Å². The summed E-state index contributed by atoms with van der Waals surface area (Å²) in [7, 11) is 0. The minimum absolute atomic E-state index is 0.914. The summed E-state index contributed by atoms with van der Waals surface area (Å²) in [5.74, 6) is 0. The average Bonchev–Trinajstić information content (AvgIpc) is 3.97. The van der Waals surface area contributed by atoms with Crippen LogP contribution in [-0.4, -0.2) is 4.57 Å². The molecule has 0 amide bonds. The van der Waals surface area contributed by atoms with Gasteiger partial charge in [0.15, 0.2) is 0 Å². The lowest BCUT2D eigenvalue weighted by atomic mass is 9.91. The van der Waals surface area contributed by atoms with Gasteiger partial charge in [-0.3, -0.25) is 0 Å². The fourth-order valence-corrected chi connectivity index (χ4v) is 9.92.